The van der Waals surface area contributed by atoms with Crippen LogP contribution in [0.3, 0.4) is 0 Å². The molecule has 5 nitrogen and oxygen atoms in total. The van der Waals surface area contributed by atoms with Crippen LogP contribution in [0.15, 0.2) is 12.3 Å². The Kier molecular flexibility index (Phi) is 3.74. The number of hydrogen-bond donors (Lipinski definition) is 2. The summed E-state index contributed by atoms with van der Waals surface area (Å²) in [4.78, 5) is 0. The maximum atomic E-state index is 5.49. The first-order valence-electron chi connectivity index (χ1n) is 5.40. The molecule has 0 saturated carbocycles. The molecule has 1 unspecified atom stereocenters. The molecule has 0 aliphatic carbocycles. The van der Waals surface area contributed by atoms with Crippen molar-refractivity contribution in [3.05, 3.63) is 12.3 Å². The van der Waals surface area contributed by atoms with E-state index in [1.165, 1.54) is 0 Å². The highest BCUT2D eigenvalue weighted by Gasteiger charge is 2.15. The molecular weight excluding hydrogens is 224 g/mol. The van der Waals surface area contributed by atoms with Gasteiger partial charge in [-0.1, -0.05) is 0 Å². The third kappa shape index (κ3) is 3.18. The average molecular weight is 240 g/mol. The molecule has 0 amide bonds. The lowest BCUT2D eigenvalue weighted by Crippen LogP contribution is -2.34. The Bertz CT molecular complexity index is 359. The van der Waals surface area contributed by atoms with E-state index in [9.17, 15) is 0 Å². The SMILES string of the molecule is Cn1ccc(NC(=S)NCC2CCCO2)n1. The Morgan fingerprint density at radius 1 is 1.75 bits per heavy atom. The van der Waals surface area contributed by atoms with E-state index in [1.807, 2.05) is 19.3 Å². The molecule has 0 spiro atoms. The van der Waals surface area contributed by atoms with Gasteiger partial charge >= 0.3 is 0 Å². The zero-order chi connectivity index (χ0) is 11.4. The van der Waals surface area contributed by atoms with Crippen molar-refractivity contribution in [1.82, 2.24) is 15.1 Å². The predicted octanol–water partition coefficient (Wildman–Crippen LogP) is 0.885. The van der Waals surface area contributed by atoms with Crippen molar-refractivity contribution in [2.45, 2.75) is 18.9 Å². The molecular formula is C10H16N4OS. The maximum absolute atomic E-state index is 5.49. The van der Waals surface area contributed by atoms with Gasteiger partial charge in [-0.3, -0.25) is 4.68 Å². The average Bonchev–Trinajstić information content (AvgIpc) is 2.87. The van der Waals surface area contributed by atoms with E-state index < -0.39 is 0 Å². The van der Waals surface area contributed by atoms with Gasteiger partial charge in [0.05, 0.1) is 6.10 Å². The molecule has 6 heteroatoms. The summed E-state index contributed by atoms with van der Waals surface area (Å²) in [5.74, 6) is 0.757. The number of rotatable bonds is 3. The van der Waals surface area contributed by atoms with Crippen molar-refractivity contribution in [2.75, 3.05) is 18.5 Å². The first-order valence-corrected chi connectivity index (χ1v) is 5.81. The second kappa shape index (κ2) is 5.27. The third-order valence-electron chi connectivity index (χ3n) is 2.47. The van der Waals surface area contributed by atoms with Crippen molar-refractivity contribution in [3.8, 4) is 0 Å². The molecule has 1 fully saturated rings. The number of anilines is 1. The van der Waals surface area contributed by atoms with E-state index in [1.54, 1.807) is 4.68 Å². The number of nitrogens with one attached hydrogen (secondary N) is 2. The van der Waals surface area contributed by atoms with Gasteiger partial charge in [-0.15, -0.1) is 0 Å². The first-order chi connectivity index (χ1) is 7.74. The number of aromatic nitrogens is 2. The largest absolute Gasteiger partial charge is 0.376 e. The number of ether oxygens (including phenoxy) is 1. The highest BCUT2D eigenvalue weighted by Crippen LogP contribution is 2.10. The van der Waals surface area contributed by atoms with Crippen molar-refractivity contribution >= 4 is 23.1 Å². The standard InChI is InChI=1S/C10H16N4OS/c1-14-5-4-9(13-14)12-10(16)11-7-8-3-2-6-15-8/h4-5,8H,2-3,6-7H2,1H3,(H2,11,12,13,16). The van der Waals surface area contributed by atoms with E-state index in [4.69, 9.17) is 17.0 Å². The van der Waals surface area contributed by atoms with Gasteiger partial charge in [0.2, 0.25) is 0 Å². The van der Waals surface area contributed by atoms with Gasteiger partial charge in [0.15, 0.2) is 10.9 Å². The van der Waals surface area contributed by atoms with E-state index in [2.05, 4.69) is 15.7 Å². The lowest BCUT2D eigenvalue weighted by atomic mass is 10.2. The summed E-state index contributed by atoms with van der Waals surface area (Å²) < 4.78 is 7.22. The number of thiocarbonyl (C=S) groups is 1. The Morgan fingerprint density at radius 2 is 2.62 bits per heavy atom. The van der Waals surface area contributed by atoms with E-state index in [-0.39, 0.29) is 0 Å². The highest BCUT2D eigenvalue weighted by molar-refractivity contribution is 7.80. The Labute approximate surface area is 100 Å². The predicted molar refractivity (Wildman–Crippen MR) is 66.4 cm³/mol. The molecule has 1 aliphatic heterocycles. The minimum atomic E-state index is 0.295. The molecule has 2 heterocycles. The minimum Gasteiger partial charge on any atom is -0.376 e. The van der Waals surface area contributed by atoms with Crippen LogP contribution in [-0.2, 0) is 11.8 Å². The van der Waals surface area contributed by atoms with Crippen molar-refractivity contribution in [1.29, 1.82) is 0 Å². The molecule has 88 valence electrons. The second-order valence-electron chi connectivity index (χ2n) is 3.84. The second-order valence-corrected chi connectivity index (χ2v) is 4.25. The fourth-order valence-corrected chi connectivity index (χ4v) is 1.84. The van der Waals surface area contributed by atoms with Crippen LogP contribution >= 0.6 is 12.2 Å². The third-order valence-corrected chi connectivity index (χ3v) is 2.72. The van der Waals surface area contributed by atoms with Crippen LogP contribution in [-0.4, -0.2) is 34.1 Å². The fraction of sp³-hybridized carbons (Fsp3) is 0.600. The zero-order valence-corrected chi connectivity index (χ0v) is 10.1. The minimum absolute atomic E-state index is 0.295. The quantitative estimate of drug-likeness (QED) is 0.768. The summed E-state index contributed by atoms with van der Waals surface area (Å²) >= 11 is 5.15. The molecule has 1 aromatic rings. The zero-order valence-electron chi connectivity index (χ0n) is 9.27. The van der Waals surface area contributed by atoms with Gasteiger partial charge in [0.1, 0.15) is 0 Å². The smallest absolute Gasteiger partial charge is 0.172 e. The van der Waals surface area contributed by atoms with Crippen LogP contribution in [0.2, 0.25) is 0 Å². The normalized spacial score (nSPS) is 19.7. The summed E-state index contributed by atoms with van der Waals surface area (Å²) in [5, 5.41) is 10.9. The Morgan fingerprint density at radius 3 is 3.25 bits per heavy atom. The van der Waals surface area contributed by atoms with E-state index in [0.29, 0.717) is 11.2 Å². The summed E-state index contributed by atoms with van der Waals surface area (Å²) in [7, 11) is 1.87. The molecule has 16 heavy (non-hydrogen) atoms. The molecule has 0 bridgehead atoms. The summed E-state index contributed by atoms with van der Waals surface area (Å²) in [6.07, 6.45) is 4.42. The van der Waals surface area contributed by atoms with Crippen molar-refractivity contribution in [2.24, 2.45) is 7.05 Å². The molecule has 0 aromatic carbocycles. The van der Waals surface area contributed by atoms with Crippen LogP contribution < -0.4 is 10.6 Å². The van der Waals surface area contributed by atoms with Gasteiger partial charge in [-0.2, -0.15) is 5.10 Å². The lowest BCUT2D eigenvalue weighted by Gasteiger charge is -2.12. The van der Waals surface area contributed by atoms with Gasteiger partial charge < -0.3 is 15.4 Å². The lowest BCUT2D eigenvalue weighted by molar-refractivity contribution is 0.114. The van der Waals surface area contributed by atoms with Gasteiger partial charge in [0.25, 0.3) is 0 Å². The van der Waals surface area contributed by atoms with Gasteiger partial charge in [0, 0.05) is 32.5 Å². The van der Waals surface area contributed by atoms with E-state index >= 15 is 0 Å². The Balaban J connectivity index is 1.71. The summed E-state index contributed by atoms with van der Waals surface area (Å²) in [6.45, 7) is 1.63. The molecule has 1 aromatic heterocycles. The van der Waals surface area contributed by atoms with E-state index in [0.717, 1.165) is 31.8 Å². The monoisotopic (exact) mass is 240 g/mol. The number of nitrogens with zero attached hydrogens (tertiary/aromatic N) is 2. The summed E-state index contributed by atoms with van der Waals surface area (Å²) in [6, 6.07) is 1.88. The number of hydrogen-bond acceptors (Lipinski definition) is 3. The maximum Gasteiger partial charge on any atom is 0.172 e. The Hall–Kier alpha value is -1.14. The van der Waals surface area contributed by atoms with Crippen LogP contribution in [0.25, 0.3) is 0 Å². The van der Waals surface area contributed by atoms with Gasteiger partial charge in [-0.05, 0) is 25.1 Å². The molecule has 2 N–H and O–H groups in total. The molecule has 2 rings (SSSR count). The molecule has 0 radical (unpaired) electrons. The van der Waals surface area contributed by atoms with Gasteiger partial charge in [-0.25, -0.2) is 0 Å². The molecule has 1 atom stereocenters. The molecule has 1 aliphatic rings. The fourth-order valence-electron chi connectivity index (χ4n) is 1.65. The number of aryl methyl sites for hydroxylation is 1. The molecule has 1 saturated heterocycles. The summed E-state index contributed by atoms with van der Waals surface area (Å²) in [5.41, 5.74) is 0. The van der Waals surface area contributed by atoms with Crippen molar-refractivity contribution < 1.29 is 4.74 Å². The van der Waals surface area contributed by atoms with Crippen LogP contribution in [0, 0.1) is 0 Å². The van der Waals surface area contributed by atoms with Crippen molar-refractivity contribution in [3.63, 3.8) is 0 Å². The first kappa shape index (κ1) is 11.3. The topological polar surface area (TPSA) is 51.1 Å². The van der Waals surface area contributed by atoms with Crippen LogP contribution in [0.1, 0.15) is 12.8 Å². The highest BCUT2D eigenvalue weighted by atomic mass is 32.1. The van der Waals surface area contributed by atoms with Crippen LogP contribution in [0.4, 0.5) is 5.82 Å². The van der Waals surface area contributed by atoms with Crippen LogP contribution in [0.5, 0.6) is 0 Å².